The molecule has 0 aliphatic carbocycles. The fourth-order valence-electron chi connectivity index (χ4n) is 1.25. The maximum atomic E-state index is 9.31. The molecule has 0 aliphatic heterocycles. The third-order valence-electron chi connectivity index (χ3n) is 2.04. The second kappa shape index (κ2) is 3.96. The zero-order chi connectivity index (χ0) is 10.7. The van der Waals surface area contributed by atoms with Crippen molar-refractivity contribution in [2.45, 2.75) is 0 Å². The van der Waals surface area contributed by atoms with Crippen LogP contribution in [0.1, 0.15) is 0 Å². The van der Waals surface area contributed by atoms with Crippen molar-refractivity contribution in [3.8, 4) is 17.1 Å². The molecule has 0 spiro atoms. The van der Waals surface area contributed by atoms with Crippen molar-refractivity contribution in [3.63, 3.8) is 0 Å². The van der Waals surface area contributed by atoms with Gasteiger partial charge in [-0.3, -0.25) is 0 Å². The summed E-state index contributed by atoms with van der Waals surface area (Å²) in [6.07, 6.45) is 3.40. The van der Waals surface area contributed by atoms with Gasteiger partial charge in [0.2, 0.25) is 0 Å². The fraction of sp³-hybridized carbons (Fsp3) is 0.0909. The van der Waals surface area contributed by atoms with Crippen molar-refractivity contribution in [1.29, 1.82) is 0 Å². The lowest BCUT2D eigenvalue weighted by molar-refractivity contribution is 0.475. The van der Waals surface area contributed by atoms with Gasteiger partial charge in [0.15, 0.2) is 5.82 Å². The number of anilines is 1. The molecule has 2 aromatic rings. The van der Waals surface area contributed by atoms with Crippen LogP contribution in [0.4, 0.5) is 5.69 Å². The molecule has 1 heterocycles. The highest BCUT2D eigenvalue weighted by molar-refractivity contribution is 5.58. The Morgan fingerprint density at radius 1 is 1.20 bits per heavy atom. The smallest absolute Gasteiger partial charge is 0.159 e. The van der Waals surface area contributed by atoms with Crippen LogP contribution in [0.15, 0.2) is 36.7 Å². The van der Waals surface area contributed by atoms with E-state index in [2.05, 4.69) is 15.3 Å². The van der Waals surface area contributed by atoms with Crippen LogP contribution < -0.4 is 5.32 Å². The van der Waals surface area contributed by atoms with Gasteiger partial charge in [0.1, 0.15) is 5.75 Å². The molecule has 0 saturated carbocycles. The number of nitrogens with zero attached hydrogens (tertiary/aromatic N) is 2. The third kappa shape index (κ3) is 2.04. The van der Waals surface area contributed by atoms with E-state index in [1.807, 2.05) is 13.1 Å². The van der Waals surface area contributed by atoms with Crippen LogP contribution in [0.25, 0.3) is 11.4 Å². The largest absolute Gasteiger partial charge is 0.508 e. The normalized spacial score (nSPS) is 9.93. The van der Waals surface area contributed by atoms with E-state index in [0.717, 1.165) is 11.3 Å². The minimum atomic E-state index is 0.216. The maximum Gasteiger partial charge on any atom is 0.159 e. The first-order valence-electron chi connectivity index (χ1n) is 4.59. The first-order valence-corrected chi connectivity index (χ1v) is 4.59. The summed E-state index contributed by atoms with van der Waals surface area (Å²) in [7, 11) is 1.81. The van der Waals surface area contributed by atoms with Crippen LogP contribution in [-0.2, 0) is 0 Å². The van der Waals surface area contributed by atoms with Gasteiger partial charge in [0, 0.05) is 12.6 Å². The average Bonchev–Trinajstić information content (AvgIpc) is 2.29. The molecule has 76 valence electrons. The third-order valence-corrected chi connectivity index (χ3v) is 2.04. The SMILES string of the molecule is CNc1cnc(-c2cccc(O)c2)nc1. The number of phenols is 1. The van der Waals surface area contributed by atoms with E-state index in [1.165, 1.54) is 0 Å². The number of rotatable bonds is 2. The molecule has 4 nitrogen and oxygen atoms in total. The van der Waals surface area contributed by atoms with Gasteiger partial charge in [-0.2, -0.15) is 0 Å². The second-order valence-corrected chi connectivity index (χ2v) is 3.10. The molecule has 0 aliphatic rings. The second-order valence-electron chi connectivity index (χ2n) is 3.10. The number of hydrogen-bond acceptors (Lipinski definition) is 4. The summed E-state index contributed by atoms with van der Waals surface area (Å²) in [5.41, 5.74) is 1.66. The molecule has 0 saturated heterocycles. The van der Waals surface area contributed by atoms with Crippen molar-refractivity contribution in [2.75, 3.05) is 12.4 Å². The Bertz CT molecular complexity index is 454. The zero-order valence-electron chi connectivity index (χ0n) is 8.31. The van der Waals surface area contributed by atoms with Gasteiger partial charge in [-0.25, -0.2) is 9.97 Å². The maximum absolute atomic E-state index is 9.31. The van der Waals surface area contributed by atoms with Crippen molar-refractivity contribution < 1.29 is 5.11 Å². The van der Waals surface area contributed by atoms with Gasteiger partial charge >= 0.3 is 0 Å². The molecular weight excluding hydrogens is 190 g/mol. The quantitative estimate of drug-likeness (QED) is 0.779. The highest BCUT2D eigenvalue weighted by Gasteiger charge is 2.01. The van der Waals surface area contributed by atoms with Crippen molar-refractivity contribution in [1.82, 2.24) is 9.97 Å². The number of benzene rings is 1. The Morgan fingerprint density at radius 3 is 2.53 bits per heavy atom. The summed E-state index contributed by atoms with van der Waals surface area (Å²) in [5.74, 6) is 0.818. The predicted octanol–water partition coefficient (Wildman–Crippen LogP) is 1.89. The summed E-state index contributed by atoms with van der Waals surface area (Å²) in [6, 6.07) is 6.87. The van der Waals surface area contributed by atoms with Gasteiger partial charge < -0.3 is 10.4 Å². The topological polar surface area (TPSA) is 58.0 Å². The van der Waals surface area contributed by atoms with Crippen LogP contribution >= 0.6 is 0 Å². The summed E-state index contributed by atoms with van der Waals surface area (Å²) in [6.45, 7) is 0. The van der Waals surface area contributed by atoms with Crippen LogP contribution in [0, 0.1) is 0 Å². The van der Waals surface area contributed by atoms with Gasteiger partial charge in [-0.05, 0) is 12.1 Å². The summed E-state index contributed by atoms with van der Waals surface area (Å²) in [5, 5.41) is 12.2. The average molecular weight is 201 g/mol. The van der Waals surface area contributed by atoms with Gasteiger partial charge in [0.25, 0.3) is 0 Å². The molecule has 1 aromatic carbocycles. The fourth-order valence-corrected chi connectivity index (χ4v) is 1.25. The Kier molecular flexibility index (Phi) is 2.49. The lowest BCUT2D eigenvalue weighted by Crippen LogP contribution is -1.93. The van der Waals surface area contributed by atoms with E-state index in [4.69, 9.17) is 0 Å². The molecule has 4 heteroatoms. The van der Waals surface area contributed by atoms with Gasteiger partial charge in [0.05, 0.1) is 18.1 Å². The summed E-state index contributed by atoms with van der Waals surface area (Å²) < 4.78 is 0. The molecule has 0 atom stereocenters. The monoisotopic (exact) mass is 201 g/mol. The Balaban J connectivity index is 2.37. The number of aromatic hydroxyl groups is 1. The first kappa shape index (κ1) is 9.45. The predicted molar refractivity (Wildman–Crippen MR) is 58.7 cm³/mol. The van der Waals surface area contributed by atoms with Crippen LogP contribution in [0.3, 0.4) is 0 Å². The Hall–Kier alpha value is -2.10. The van der Waals surface area contributed by atoms with Gasteiger partial charge in [-0.1, -0.05) is 12.1 Å². The Morgan fingerprint density at radius 2 is 1.93 bits per heavy atom. The number of hydrogen-bond donors (Lipinski definition) is 2. The van der Waals surface area contributed by atoms with E-state index < -0.39 is 0 Å². The number of phenolic OH excluding ortho intramolecular Hbond substituents is 1. The summed E-state index contributed by atoms with van der Waals surface area (Å²) >= 11 is 0. The molecule has 0 amide bonds. The highest BCUT2D eigenvalue weighted by Crippen LogP contribution is 2.19. The molecule has 0 bridgehead atoms. The number of aromatic nitrogens is 2. The summed E-state index contributed by atoms with van der Waals surface area (Å²) in [4.78, 5) is 8.35. The van der Waals surface area contributed by atoms with E-state index >= 15 is 0 Å². The zero-order valence-corrected chi connectivity index (χ0v) is 8.31. The molecule has 15 heavy (non-hydrogen) atoms. The minimum Gasteiger partial charge on any atom is -0.508 e. The van der Waals surface area contributed by atoms with E-state index in [1.54, 1.807) is 30.6 Å². The van der Waals surface area contributed by atoms with Crippen LogP contribution in [0.5, 0.6) is 5.75 Å². The van der Waals surface area contributed by atoms with E-state index in [-0.39, 0.29) is 5.75 Å². The van der Waals surface area contributed by atoms with Crippen LogP contribution in [0.2, 0.25) is 0 Å². The van der Waals surface area contributed by atoms with E-state index in [9.17, 15) is 5.11 Å². The molecular formula is C11H11N3O. The Labute approximate surface area is 87.6 Å². The van der Waals surface area contributed by atoms with Crippen molar-refractivity contribution in [3.05, 3.63) is 36.7 Å². The highest BCUT2D eigenvalue weighted by atomic mass is 16.3. The molecule has 2 rings (SSSR count). The van der Waals surface area contributed by atoms with Gasteiger partial charge in [-0.15, -0.1) is 0 Å². The van der Waals surface area contributed by atoms with Crippen LogP contribution in [-0.4, -0.2) is 22.1 Å². The first-order chi connectivity index (χ1) is 7.29. The van der Waals surface area contributed by atoms with Crippen molar-refractivity contribution >= 4 is 5.69 Å². The van der Waals surface area contributed by atoms with Crippen molar-refractivity contribution in [2.24, 2.45) is 0 Å². The molecule has 0 fully saturated rings. The standard InChI is InChI=1S/C11H11N3O/c1-12-9-6-13-11(14-7-9)8-3-2-4-10(15)5-8/h2-7,12,15H,1H3. The number of nitrogens with one attached hydrogen (secondary N) is 1. The molecule has 2 N–H and O–H groups in total. The molecule has 0 radical (unpaired) electrons. The molecule has 0 unspecified atom stereocenters. The lowest BCUT2D eigenvalue weighted by Gasteiger charge is -2.02. The lowest BCUT2D eigenvalue weighted by atomic mass is 10.2. The molecule has 1 aromatic heterocycles. The van der Waals surface area contributed by atoms with E-state index in [0.29, 0.717) is 5.82 Å². The minimum absolute atomic E-state index is 0.216.